The summed E-state index contributed by atoms with van der Waals surface area (Å²) < 4.78 is 25.8. The van der Waals surface area contributed by atoms with E-state index in [-0.39, 0.29) is 10.6 Å². The first-order chi connectivity index (χ1) is 9.25. The molecule has 0 unspecified atom stereocenters. The quantitative estimate of drug-likeness (QED) is 0.708. The Morgan fingerprint density at radius 1 is 1.35 bits per heavy atom. The Morgan fingerprint density at radius 3 is 2.45 bits per heavy atom. The van der Waals surface area contributed by atoms with Crippen LogP contribution in [0, 0.1) is 0 Å². The van der Waals surface area contributed by atoms with Crippen LogP contribution in [0.15, 0.2) is 23.1 Å². The predicted octanol–water partition coefficient (Wildman–Crippen LogP) is 0.528. The SMILES string of the molecule is CNS(=O)(=O)c1ccc(N2CCC(C)(O)CC2)cc1N. The van der Waals surface area contributed by atoms with Gasteiger partial charge in [0.15, 0.2) is 0 Å². The van der Waals surface area contributed by atoms with E-state index in [1.807, 2.05) is 6.92 Å². The summed E-state index contributed by atoms with van der Waals surface area (Å²) in [5.74, 6) is 0. The molecule has 0 atom stereocenters. The van der Waals surface area contributed by atoms with E-state index in [4.69, 9.17) is 5.73 Å². The summed E-state index contributed by atoms with van der Waals surface area (Å²) >= 11 is 0. The number of aliphatic hydroxyl groups is 1. The van der Waals surface area contributed by atoms with Crippen LogP contribution in [0.2, 0.25) is 0 Å². The molecule has 1 aromatic rings. The second-order valence-electron chi connectivity index (χ2n) is 5.41. The molecule has 0 amide bonds. The van der Waals surface area contributed by atoms with Crippen LogP contribution >= 0.6 is 0 Å². The molecule has 20 heavy (non-hydrogen) atoms. The molecular weight excluding hydrogens is 278 g/mol. The minimum Gasteiger partial charge on any atom is -0.398 e. The van der Waals surface area contributed by atoms with Crippen molar-refractivity contribution in [2.24, 2.45) is 0 Å². The molecule has 0 aromatic heterocycles. The zero-order valence-corrected chi connectivity index (χ0v) is 12.6. The monoisotopic (exact) mass is 299 g/mol. The van der Waals surface area contributed by atoms with Gasteiger partial charge in [0.05, 0.1) is 11.3 Å². The number of nitrogen functional groups attached to an aromatic ring is 1. The summed E-state index contributed by atoms with van der Waals surface area (Å²) in [6, 6.07) is 4.94. The molecule has 0 saturated carbocycles. The molecule has 2 rings (SSSR count). The number of rotatable bonds is 3. The zero-order valence-electron chi connectivity index (χ0n) is 11.8. The largest absolute Gasteiger partial charge is 0.398 e. The van der Waals surface area contributed by atoms with E-state index >= 15 is 0 Å². The number of nitrogens with zero attached hydrogens (tertiary/aromatic N) is 1. The minimum absolute atomic E-state index is 0.0905. The van der Waals surface area contributed by atoms with E-state index in [0.717, 1.165) is 18.8 Å². The molecular formula is C13H21N3O3S. The van der Waals surface area contributed by atoms with E-state index in [9.17, 15) is 13.5 Å². The lowest BCUT2D eigenvalue weighted by Gasteiger charge is -2.37. The molecule has 0 spiro atoms. The molecule has 1 aliphatic heterocycles. The van der Waals surface area contributed by atoms with Gasteiger partial charge < -0.3 is 15.7 Å². The third-order valence-electron chi connectivity index (χ3n) is 3.76. The highest BCUT2D eigenvalue weighted by Crippen LogP contribution is 2.29. The van der Waals surface area contributed by atoms with Gasteiger partial charge in [0.1, 0.15) is 4.90 Å². The van der Waals surface area contributed by atoms with Crippen LogP contribution < -0.4 is 15.4 Å². The van der Waals surface area contributed by atoms with E-state index < -0.39 is 15.6 Å². The first-order valence-electron chi connectivity index (χ1n) is 6.56. The first kappa shape index (κ1) is 15.1. The molecule has 4 N–H and O–H groups in total. The van der Waals surface area contributed by atoms with Gasteiger partial charge in [-0.2, -0.15) is 0 Å². The van der Waals surface area contributed by atoms with Gasteiger partial charge in [0.25, 0.3) is 0 Å². The molecule has 0 bridgehead atoms. The standard InChI is InChI=1S/C13H21N3O3S/c1-13(17)5-7-16(8-6-13)10-3-4-12(11(14)9-10)20(18,19)15-2/h3-4,9,15,17H,5-8,14H2,1-2H3. The van der Waals surface area contributed by atoms with Gasteiger partial charge in [-0.05, 0) is 45.0 Å². The van der Waals surface area contributed by atoms with Crippen LogP contribution in [0.3, 0.4) is 0 Å². The van der Waals surface area contributed by atoms with Crippen LogP contribution in [-0.2, 0) is 10.0 Å². The number of hydrogen-bond acceptors (Lipinski definition) is 5. The molecule has 1 heterocycles. The third-order valence-corrected chi connectivity index (χ3v) is 5.25. The summed E-state index contributed by atoms with van der Waals surface area (Å²) in [4.78, 5) is 2.19. The lowest BCUT2D eigenvalue weighted by atomic mass is 9.93. The van der Waals surface area contributed by atoms with Crippen molar-refractivity contribution >= 4 is 21.4 Å². The molecule has 112 valence electrons. The number of hydrogen-bond donors (Lipinski definition) is 3. The zero-order chi connectivity index (χ0) is 15.0. The van der Waals surface area contributed by atoms with Gasteiger partial charge in [0.2, 0.25) is 10.0 Å². The van der Waals surface area contributed by atoms with Crippen molar-refractivity contribution in [1.82, 2.24) is 4.72 Å². The minimum atomic E-state index is -3.53. The maximum atomic E-state index is 11.8. The van der Waals surface area contributed by atoms with Gasteiger partial charge in [-0.3, -0.25) is 0 Å². The molecule has 6 nitrogen and oxygen atoms in total. The second-order valence-corrected chi connectivity index (χ2v) is 7.27. The fourth-order valence-corrected chi connectivity index (χ4v) is 3.17. The van der Waals surface area contributed by atoms with Crippen LogP contribution in [0.25, 0.3) is 0 Å². The van der Waals surface area contributed by atoms with Crippen LogP contribution in [-0.4, -0.2) is 39.3 Å². The lowest BCUT2D eigenvalue weighted by molar-refractivity contribution is 0.0351. The molecule has 0 radical (unpaired) electrons. The smallest absolute Gasteiger partial charge is 0.242 e. The van der Waals surface area contributed by atoms with E-state index in [1.165, 1.54) is 13.1 Å². The van der Waals surface area contributed by atoms with Crippen molar-refractivity contribution in [3.63, 3.8) is 0 Å². The highest BCUT2D eigenvalue weighted by atomic mass is 32.2. The number of piperidine rings is 1. The van der Waals surface area contributed by atoms with E-state index in [2.05, 4.69) is 9.62 Å². The van der Waals surface area contributed by atoms with Crippen molar-refractivity contribution in [2.45, 2.75) is 30.3 Å². The molecule has 1 aliphatic rings. The fourth-order valence-electron chi connectivity index (χ4n) is 2.33. The topological polar surface area (TPSA) is 95.7 Å². The first-order valence-corrected chi connectivity index (χ1v) is 8.04. The Kier molecular flexibility index (Phi) is 3.95. The lowest BCUT2D eigenvalue weighted by Crippen LogP contribution is -2.42. The summed E-state index contributed by atoms with van der Waals surface area (Å²) in [6.45, 7) is 3.29. The predicted molar refractivity (Wildman–Crippen MR) is 79.2 cm³/mol. The van der Waals surface area contributed by atoms with Gasteiger partial charge in [0, 0.05) is 18.8 Å². The molecule has 1 saturated heterocycles. The van der Waals surface area contributed by atoms with Crippen molar-refractivity contribution < 1.29 is 13.5 Å². The summed E-state index contributed by atoms with van der Waals surface area (Å²) in [5, 5.41) is 9.94. The van der Waals surface area contributed by atoms with Crippen molar-refractivity contribution in [3.8, 4) is 0 Å². The Morgan fingerprint density at radius 2 is 1.95 bits per heavy atom. The molecule has 1 aromatic carbocycles. The average molecular weight is 299 g/mol. The summed E-state index contributed by atoms with van der Waals surface area (Å²) in [6.07, 6.45) is 1.37. The second kappa shape index (κ2) is 5.23. The Bertz CT molecular complexity index is 589. The van der Waals surface area contributed by atoms with E-state index in [0.29, 0.717) is 12.8 Å². The van der Waals surface area contributed by atoms with Crippen molar-refractivity contribution in [1.29, 1.82) is 0 Å². The van der Waals surface area contributed by atoms with Gasteiger partial charge >= 0.3 is 0 Å². The van der Waals surface area contributed by atoms with Gasteiger partial charge in [-0.1, -0.05) is 0 Å². The van der Waals surface area contributed by atoms with Gasteiger partial charge in [-0.15, -0.1) is 0 Å². The maximum absolute atomic E-state index is 11.8. The summed E-state index contributed by atoms with van der Waals surface area (Å²) in [7, 11) is -2.17. The Hall–Kier alpha value is -1.31. The Labute approximate surface area is 119 Å². The van der Waals surface area contributed by atoms with E-state index in [1.54, 1.807) is 12.1 Å². The number of sulfonamides is 1. The normalized spacial score (nSPS) is 19.1. The average Bonchev–Trinajstić information content (AvgIpc) is 2.38. The van der Waals surface area contributed by atoms with Crippen molar-refractivity contribution in [3.05, 3.63) is 18.2 Å². The number of benzene rings is 1. The van der Waals surface area contributed by atoms with Crippen molar-refractivity contribution in [2.75, 3.05) is 30.8 Å². The molecule has 1 fully saturated rings. The number of anilines is 2. The highest BCUT2D eigenvalue weighted by Gasteiger charge is 2.27. The number of nitrogens with two attached hydrogens (primary N) is 1. The maximum Gasteiger partial charge on any atom is 0.242 e. The number of nitrogens with one attached hydrogen (secondary N) is 1. The molecule has 7 heteroatoms. The third kappa shape index (κ3) is 3.05. The summed E-state index contributed by atoms with van der Waals surface area (Å²) in [5.41, 5.74) is 6.35. The van der Waals surface area contributed by atoms with Gasteiger partial charge in [-0.25, -0.2) is 13.1 Å². The fraction of sp³-hybridized carbons (Fsp3) is 0.538. The molecule has 0 aliphatic carbocycles. The van der Waals surface area contributed by atoms with Crippen LogP contribution in [0.5, 0.6) is 0 Å². The highest BCUT2D eigenvalue weighted by molar-refractivity contribution is 7.89. The van der Waals surface area contributed by atoms with Crippen LogP contribution in [0.4, 0.5) is 11.4 Å². The Balaban J connectivity index is 2.22. The van der Waals surface area contributed by atoms with Crippen LogP contribution in [0.1, 0.15) is 19.8 Å².